The normalized spacial score (nSPS) is 18.8. The number of anilines is 1. The second-order valence-electron chi connectivity index (χ2n) is 12.1. The number of amides is 5. The molecule has 1 aromatic heterocycles. The number of rotatable bonds is 6. The second-order valence-corrected chi connectivity index (χ2v) is 12.1. The van der Waals surface area contributed by atoms with Crippen LogP contribution >= 0.6 is 0 Å². The van der Waals surface area contributed by atoms with Crippen LogP contribution in [-0.4, -0.2) is 52.7 Å². The number of imide groups is 1. The number of nitrogens with zero attached hydrogens (tertiary/aromatic N) is 2. The maximum absolute atomic E-state index is 13.9. The van der Waals surface area contributed by atoms with Gasteiger partial charge in [0.2, 0.25) is 5.91 Å². The van der Waals surface area contributed by atoms with E-state index >= 15 is 0 Å². The monoisotopic (exact) mass is 556 g/mol. The van der Waals surface area contributed by atoms with E-state index in [2.05, 4.69) is 10.6 Å². The molecule has 41 heavy (non-hydrogen) atoms. The van der Waals surface area contributed by atoms with Crippen LogP contribution in [0, 0.1) is 6.92 Å². The molecule has 2 aromatic carbocycles. The lowest BCUT2D eigenvalue weighted by Crippen LogP contribution is -2.48. The Morgan fingerprint density at radius 3 is 2.37 bits per heavy atom. The molecule has 5 rings (SSSR count). The summed E-state index contributed by atoms with van der Waals surface area (Å²) >= 11 is 0. The number of carbonyl (C=O) groups is 4. The van der Waals surface area contributed by atoms with Crippen LogP contribution in [0.25, 0.3) is 0 Å². The third kappa shape index (κ3) is 5.12. The molecule has 0 bridgehead atoms. The summed E-state index contributed by atoms with van der Waals surface area (Å²) in [6.45, 7) is 9.55. The number of benzene rings is 2. The van der Waals surface area contributed by atoms with Gasteiger partial charge in [0.05, 0.1) is 11.6 Å². The number of carbonyl (C=O) groups excluding carboxylic acids is 4. The molecule has 1 aliphatic heterocycles. The average molecular weight is 557 g/mol. The zero-order valence-corrected chi connectivity index (χ0v) is 24.3. The highest BCUT2D eigenvalue weighted by atomic mass is 16.3. The van der Waals surface area contributed by atoms with Crippen molar-refractivity contribution in [2.24, 2.45) is 0 Å². The van der Waals surface area contributed by atoms with E-state index in [0.717, 1.165) is 16.7 Å². The summed E-state index contributed by atoms with van der Waals surface area (Å²) in [5.41, 5.74) is 2.54. The Balaban J connectivity index is 1.37. The van der Waals surface area contributed by atoms with Crippen molar-refractivity contribution in [3.8, 4) is 0 Å². The van der Waals surface area contributed by atoms with Crippen molar-refractivity contribution in [3.63, 3.8) is 0 Å². The van der Waals surface area contributed by atoms with Gasteiger partial charge in [0, 0.05) is 31.0 Å². The first-order valence-corrected chi connectivity index (χ1v) is 13.8. The van der Waals surface area contributed by atoms with Crippen molar-refractivity contribution in [1.29, 1.82) is 0 Å². The maximum Gasteiger partial charge on any atom is 0.324 e. The van der Waals surface area contributed by atoms with Gasteiger partial charge in [0.15, 0.2) is 0 Å². The number of hydrogen-bond acceptors (Lipinski definition) is 5. The zero-order valence-electron chi connectivity index (χ0n) is 24.3. The lowest BCUT2D eigenvalue weighted by atomic mass is 9.93. The molecule has 9 heteroatoms. The number of urea groups is 1. The maximum atomic E-state index is 13.9. The highest BCUT2D eigenvalue weighted by Crippen LogP contribution is 2.38. The average Bonchev–Trinajstić information content (AvgIpc) is 3.57. The van der Waals surface area contributed by atoms with Gasteiger partial charge in [-0.25, -0.2) is 4.79 Å². The Kier molecular flexibility index (Phi) is 7.01. The van der Waals surface area contributed by atoms with Crippen LogP contribution in [-0.2, 0) is 27.8 Å². The van der Waals surface area contributed by atoms with Crippen LogP contribution < -0.4 is 10.6 Å². The van der Waals surface area contributed by atoms with Crippen molar-refractivity contribution in [1.82, 2.24) is 15.1 Å². The lowest BCUT2D eigenvalue weighted by Gasteiger charge is -2.29. The molecule has 0 unspecified atom stereocenters. The smallest absolute Gasteiger partial charge is 0.324 e. The Morgan fingerprint density at radius 2 is 1.76 bits per heavy atom. The van der Waals surface area contributed by atoms with Gasteiger partial charge in [-0.3, -0.25) is 19.7 Å². The predicted molar refractivity (Wildman–Crippen MR) is 155 cm³/mol. The van der Waals surface area contributed by atoms with Gasteiger partial charge >= 0.3 is 6.03 Å². The zero-order chi connectivity index (χ0) is 29.7. The van der Waals surface area contributed by atoms with Gasteiger partial charge in [-0.2, -0.15) is 0 Å². The summed E-state index contributed by atoms with van der Waals surface area (Å²) in [4.78, 5) is 55.0. The van der Waals surface area contributed by atoms with Crippen molar-refractivity contribution in [2.75, 3.05) is 18.9 Å². The van der Waals surface area contributed by atoms with Crippen molar-refractivity contribution >= 4 is 29.4 Å². The highest BCUT2D eigenvalue weighted by Gasteiger charge is 2.54. The van der Waals surface area contributed by atoms with E-state index in [1.165, 1.54) is 4.90 Å². The van der Waals surface area contributed by atoms with Crippen molar-refractivity contribution in [2.45, 2.75) is 64.5 Å². The first-order valence-electron chi connectivity index (χ1n) is 13.8. The molecule has 0 radical (unpaired) electrons. The molecule has 214 valence electrons. The Morgan fingerprint density at radius 1 is 1.07 bits per heavy atom. The Hall–Kier alpha value is -4.40. The third-order valence-electron chi connectivity index (χ3n) is 8.26. The fraction of sp³-hybridized carbons (Fsp3) is 0.375. The molecule has 1 spiro atoms. The minimum atomic E-state index is -0.940. The molecule has 2 heterocycles. The number of nitrogens with one attached hydrogen (secondary N) is 2. The second kappa shape index (κ2) is 10.2. The van der Waals surface area contributed by atoms with Crippen molar-refractivity contribution < 1.29 is 23.6 Å². The van der Waals surface area contributed by atoms with Crippen LogP contribution in [0.15, 0.2) is 59.0 Å². The molecule has 0 saturated carbocycles. The SMILES string of the molecule is Cc1oc(C(C)(C)C)cc1C(=O)N(CC(=O)Nc1ccc2c(c1)C[C@@]1(C2)C(=O)NC(=O)N1C)[C@H](C)c1ccccc1. The summed E-state index contributed by atoms with van der Waals surface area (Å²) in [6.07, 6.45) is 0.785. The van der Waals surface area contributed by atoms with Gasteiger partial charge in [-0.15, -0.1) is 0 Å². The molecule has 2 atom stereocenters. The molecule has 2 aliphatic rings. The van der Waals surface area contributed by atoms with E-state index < -0.39 is 11.6 Å². The quantitative estimate of drug-likeness (QED) is 0.426. The first-order chi connectivity index (χ1) is 19.3. The van der Waals surface area contributed by atoms with Crippen LogP contribution in [0.2, 0.25) is 0 Å². The summed E-state index contributed by atoms with van der Waals surface area (Å²) in [7, 11) is 1.63. The van der Waals surface area contributed by atoms with E-state index in [9.17, 15) is 19.2 Å². The van der Waals surface area contributed by atoms with Crippen LogP contribution in [0.1, 0.15) is 72.3 Å². The molecule has 1 aliphatic carbocycles. The van der Waals surface area contributed by atoms with E-state index in [1.807, 2.05) is 70.2 Å². The largest absolute Gasteiger partial charge is 0.465 e. The van der Waals surface area contributed by atoms with E-state index in [0.29, 0.717) is 35.6 Å². The first kappa shape index (κ1) is 28.1. The molecule has 1 saturated heterocycles. The molecular formula is C32H36N4O5. The Labute approximate surface area is 239 Å². The third-order valence-corrected chi connectivity index (χ3v) is 8.26. The van der Waals surface area contributed by atoms with Gasteiger partial charge in [-0.1, -0.05) is 57.2 Å². The fourth-order valence-electron chi connectivity index (χ4n) is 5.65. The molecule has 3 aromatic rings. The van der Waals surface area contributed by atoms with E-state index in [1.54, 1.807) is 31.0 Å². The van der Waals surface area contributed by atoms with E-state index in [-0.39, 0.29) is 35.7 Å². The van der Waals surface area contributed by atoms with E-state index in [4.69, 9.17) is 4.42 Å². The number of hydrogen-bond donors (Lipinski definition) is 2. The Bertz CT molecular complexity index is 1540. The van der Waals surface area contributed by atoms with Crippen molar-refractivity contribution in [3.05, 3.63) is 88.4 Å². The molecular weight excluding hydrogens is 520 g/mol. The van der Waals surface area contributed by atoms with Crippen LogP contribution in [0.3, 0.4) is 0 Å². The van der Waals surface area contributed by atoms with Gasteiger partial charge in [0.25, 0.3) is 11.8 Å². The predicted octanol–water partition coefficient (Wildman–Crippen LogP) is 4.75. The summed E-state index contributed by atoms with van der Waals surface area (Å²) < 4.78 is 5.94. The summed E-state index contributed by atoms with van der Waals surface area (Å²) in [5.74, 6) is 0.271. The topological polar surface area (TPSA) is 112 Å². The minimum Gasteiger partial charge on any atom is -0.465 e. The molecule has 2 N–H and O–H groups in total. The molecule has 5 amide bonds. The van der Waals surface area contributed by atoms with Crippen LogP contribution in [0.5, 0.6) is 0 Å². The summed E-state index contributed by atoms with van der Waals surface area (Å²) in [6, 6.07) is 16.1. The van der Waals surface area contributed by atoms with Crippen LogP contribution in [0.4, 0.5) is 10.5 Å². The molecule has 1 fully saturated rings. The standard InChI is InChI=1S/C32H36N4O5/c1-19(21-10-8-7-9-11-21)36(28(38)25-15-26(31(3,4)5)41-20(25)2)18-27(37)33-24-13-12-22-16-32(17-23(22)14-24)29(39)34-30(40)35(32)6/h7-15,19H,16-18H2,1-6H3,(H,33,37)(H,34,39,40)/t19-,32+/m1/s1. The summed E-state index contributed by atoms with van der Waals surface area (Å²) in [5, 5.41) is 5.33. The number of furan rings is 1. The molecule has 9 nitrogen and oxygen atoms in total. The van der Waals surface area contributed by atoms with Gasteiger partial charge in [0.1, 0.15) is 23.6 Å². The highest BCUT2D eigenvalue weighted by molar-refractivity contribution is 6.07. The van der Waals surface area contributed by atoms with Gasteiger partial charge in [-0.05, 0) is 48.7 Å². The number of aryl methyl sites for hydroxylation is 1. The minimum absolute atomic E-state index is 0.176. The number of fused-ring (bicyclic) bond motifs is 1. The number of likely N-dealkylation sites (N-methyl/N-ethyl adjacent to an activating group) is 1. The fourth-order valence-corrected chi connectivity index (χ4v) is 5.65. The lowest BCUT2D eigenvalue weighted by molar-refractivity contribution is -0.125. The van der Waals surface area contributed by atoms with Gasteiger partial charge < -0.3 is 19.5 Å².